The van der Waals surface area contributed by atoms with E-state index in [2.05, 4.69) is 5.32 Å². The summed E-state index contributed by atoms with van der Waals surface area (Å²) in [6.45, 7) is 2.39. The number of phenolic OH excluding ortho intramolecular Hbond substituents is 1. The molecule has 82 valence electrons. The second-order valence-electron chi connectivity index (χ2n) is 3.46. The first-order valence-electron chi connectivity index (χ1n) is 4.93. The van der Waals surface area contributed by atoms with Gasteiger partial charge in [0.05, 0.1) is 5.69 Å². The normalized spacial score (nSPS) is 10.0. The summed E-state index contributed by atoms with van der Waals surface area (Å²) in [7, 11) is 0. The van der Waals surface area contributed by atoms with E-state index in [-0.39, 0.29) is 11.7 Å². The van der Waals surface area contributed by atoms with Gasteiger partial charge in [0.25, 0.3) is 0 Å². The van der Waals surface area contributed by atoms with E-state index in [9.17, 15) is 9.90 Å². The van der Waals surface area contributed by atoms with Crippen molar-refractivity contribution in [2.24, 2.45) is 5.73 Å². The van der Waals surface area contributed by atoms with Crippen molar-refractivity contribution in [3.8, 4) is 5.75 Å². The Morgan fingerprint density at radius 1 is 1.53 bits per heavy atom. The number of nitrogens with two attached hydrogens (primary N) is 1. The Bertz CT molecular complexity index is 350. The molecular formula is C11H16N2O2. The monoisotopic (exact) mass is 208 g/mol. The highest BCUT2D eigenvalue weighted by molar-refractivity contribution is 5.92. The van der Waals surface area contributed by atoms with Crippen molar-refractivity contribution in [3.63, 3.8) is 0 Å². The summed E-state index contributed by atoms with van der Waals surface area (Å²) in [6, 6.07) is 5.08. The lowest BCUT2D eigenvalue weighted by Crippen LogP contribution is -2.13. The van der Waals surface area contributed by atoms with Gasteiger partial charge in [0, 0.05) is 6.42 Å². The van der Waals surface area contributed by atoms with Crippen molar-refractivity contribution in [1.82, 2.24) is 0 Å². The van der Waals surface area contributed by atoms with Gasteiger partial charge in [0.15, 0.2) is 0 Å². The van der Waals surface area contributed by atoms with Gasteiger partial charge >= 0.3 is 0 Å². The van der Waals surface area contributed by atoms with E-state index in [0.29, 0.717) is 25.1 Å². The fraction of sp³-hybridized carbons (Fsp3) is 0.364. The highest BCUT2D eigenvalue weighted by Crippen LogP contribution is 2.23. The zero-order valence-corrected chi connectivity index (χ0v) is 8.79. The van der Waals surface area contributed by atoms with Crippen LogP contribution in [-0.2, 0) is 4.79 Å². The summed E-state index contributed by atoms with van der Waals surface area (Å²) in [6.07, 6.45) is 1.03. The van der Waals surface area contributed by atoms with E-state index >= 15 is 0 Å². The predicted octanol–water partition coefficient (Wildman–Crippen LogP) is 1.38. The van der Waals surface area contributed by atoms with Crippen LogP contribution in [0.1, 0.15) is 18.4 Å². The molecule has 0 aliphatic carbocycles. The summed E-state index contributed by atoms with van der Waals surface area (Å²) < 4.78 is 0. The number of nitrogens with one attached hydrogen (secondary N) is 1. The van der Waals surface area contributed by atoms with E-state index in [0.717, 1.165) is 5.56 Å². The fourth-order valence-electron chi connectivity index (χ4n) is 1.23. The largest absolute Gasteiger partial charge is 0.506 e. The van der Waals surface area contributed by atoms with Crippen LogP contribution in [0, 0.1) is 6.92 Å². The molecule has 0 unspecified atom stereocenters. The molecule has 0 radical (unpaired) electrons. The van der Waals surface area contributed by atoms with Gasteiger partial charge in [-0.2, -0.15) is 0 Å². The van der Waals surface area contributed by atoms with Crippen LogP contribution in [-0.4, -0.2) is 17.6 Å². The van der Waals surface area contributed by atoms with E-state index in [1.54, 1.807) is 18.2 Å². The molecule has 0 bridgehead atoms. The Morgan fingerprint density at radius 3 is 2.93 bits per heavy atom. The van der Waals surface area contributed by atoms with E-state index in [1.165, 1.54) is 0 Å². The molecule has 0 saturated heterocycles. The molecule has 4 heteroatoms. The first-order valence-corrected chi connectivity index (χ1v) is 4.93. The highest BCUT2D eigenvalue weighted by atomic mass is 16.3. The number of anilines is 1. The number of aromatic hydroxyl groups is 1. The second-order valence-corrected chi connectivity index (χ2v) is 3.46. The molecule has 1 amide bonds. The lowest BCUT2D eigenvalue weighted by Gasteiger charge is -2.07. The Hall–Kier alpha value is -1.55. The number of rotatable bonds is 4. The number of carbonyl (C=O) groups is 1. The standard InChI is InChI=1S/C11H16N2O2/c1-8-4-5-10(14)9(7-8)13-11(15)3-2-6-12/h4-5,7,14H,2-3,6,12H2,1H3,(H,13,15). The maximum Gasteiger partial charge on any atom is 0.224 e. The SMILES string of the molecule is Cc1ccc(O)c(NC(=O)CCCN)c1. The third-order valence-corrected chi connectivity index (χ3v) is 2.03. The van der Waals surface area contributed by atoms with Crippen LogP contribution in [0.15, 0.2) is 18.2 Å². The molecule has 0 spiro atoms. The molecule has 15 heavy (non-hydrogen) atoms. The van der Waals surface area contributed by atoms with Crippen molar-refractivity contribution in [3.05, 3.63) is 23.8 Å². The molecule has 0 atom stereocenters. The number of phenols is 1. The van der Waals surface area contributed by atoms with Crippen molar-refractivity contribution < 1.29 is 9.90 Å². The minimum Gasteiger partial charge on any atom is -0.506 e. The maximum absolute atomic E-state index is 11.4. The minimum atomic E-state index is -0.124. The fourth-order valence-corrected chi connectivity index (χ4v) is 1.23. The van der Waals surface area contributed by atoms with Crippen molar-refractivity contribution >= 4 is 11.6 Å². The molecule has 4 nitrogen and oxygen atoms in total. The summed E-state index contributed by atoms with van der Waals surface area (Å²) in [5, 5.41) is 12.1. The van der Waals surface area contributed by atoms with Gasteiger partial charge in [0.1, 0.15) is 5.75 Å². The molecule has 1 aromatic rings. The van der Waals surface area contributed by atoms with Crippen molar-refractivity contribution in [2.75, 3.05) is 11.9 Å². The number of hydrogen-bond donors (Lipinski definition) is 3. The average molecular weight is 208 g/mol. The smallest absolute Gasteiger partial charge is 0.224 e. The third-order valence-electron chi connectivity index (χ3n) is 2.03. The predicted molar refractivity (Wildman–Crippen MR) is 59.8 cm³/mol. The summed E-state index contributed by atoms with van der Waals surface area (Å²) in [4.78, 5) is 11.4. The van der Waals surface area contributed by atoms with Crippen LogP contribution in [0.5, 0.6) is 5.75 Å². The van der Waals surface area contributed by atoms with Gasteiger partial charge in [-0.15, -0.1) is 0 Å². The minimum absolute atomic E-state index is 0.0849. The Kier molecular flexibility index (Phi) is 4.12. The third kappa shape index (κ3) is 3.59. The zero-order chi connectivity index (χ0) is 11.3. The van der Waals surface area contributed by atoms with Gasteiger partial charge in [-0.25, -0.2) is 0 Å². The first kappa shape index (κ1) is 11.5. The maximum atomic E-state index is 11.4. The molecule has 0 aliphatic heterocycles. The molecular weight excluding hydrogens is 192 g/mol. The van der Waals surface area contributed by atoms with Crippen LogP contribution >= 0.6 is 0 Å². The Labute approximate surface area is 89.1 Å². The van der Waals surface area contributed by atoms with Gasteiger partial charge in [-0.3, -0.25) is 4.79 Å². The first-order chi connectivity index (χ1) is 7.13. The molecule has 0 aliphatic rings. The molecule has 0 fully saturated rings. The van der Waals surface area contributed by atoms with Crippen LogP contribution in [0.3, 0.4) is 0 Å². The second kappa shape index (κ2) is 5.36. The van der Waals surface area contributed by atoms with E-state index in [4.69, 9.17) is 5.73 Å². The molecule has 1 aromatic carbocycles. The number of amides is 1. The number of hydrogen-bond acceptors (Lipinski definition) is 3. The van der Waals surface area contributed by atoms with Gasteiger partial charge in [-0.1, -0.05) is 6.07 Å². The topological polar surface area (TPSA) is 75.3 Å². The van der Waals surface area contributed by atoms with Crippen molar-refractivity contribution in [2.45, 2.75) is 19.8 Å². The lowest BCUT2D eigenvalue weighted by molar-refractivity contribution is -0.116. The lowest BCUT2D eigenvalue weighted by atomic mass is 10.2. The van der Waals surface area contributed by atoms with E-state index < -0.39 is 0 Å². The zero-order valence-electron chi connectivity index (χ0n) is 8.79. The van der Waals surface area contributed by atoms with Gasteiger partial charge < -0.3 is 16.2 Å². The van der Waals surface area contributed by atoms with E-state index in [1.807, 2.05) is 6.92 Å². The van der Waals surface area contributed by atoms with Crippen molar-refractivity contribution in [1.29, 1.82) is 0 Å². The Morgan fingerprint density at radius 2 is 2.27 bits per heavy atom. The molecule has 0 saturated carbocycles. The number of carbonyl (C=O) groups excluding carboxylic acids is 1. The van der Waals surface area contributed by atoms with Crippen LogP contribution < -0.4 is 11.1 Å². The summed E-state index contributed by atoms with van der Waals surface area (Å²) >= 11 is 0. The van der Waals surface area contributed by atoms with Crippen LogP contribution in [0.4, 0.5) is 5.69 Å². The average Bonchev–Trinajstić information content (AvgIpc) is 2.20. The quantitative estimate of drug-likeness (QED) is 0.654. The number of aryl methyl sites for hydroxylation is 1. The van der Waals surface area contributed by atoms with Crippen LogP contribution in [0.2, 0.25) is 0 Å². The molecule has 0 aromatic heterocycles. The van der Waals surface area contributed by atoms with Gasteiger partial charge in [-0.05, 0) is 37.6 Å². The molecule has 0 heterocycles. The Balaban J connectivity index is 2.63. The molecule has 1 rings (SSSR count). The van der Waals surface area contributed by atoms with Gasteiger partial charge in [0.2, 0.25) is 5.91 Å². The highest BCUT2D eigenvalue weighted by Gasteiger charge is 2.05. The summed E-state index contributed by atoms with van der Waals surface area (Å²) in [5.41, 5.74) is 6.74. The number of benzene rings is 1. The molecule has 4 N–H and O–H groups in total. The summed E-state index contributed by atoms with van der Waals surface area (Å²) in [5.74, 6) is -0.0388. The van der Waals surface area contributed by atoms with Crippen LogP contribution in [0.25, 0.3) is 0 Å².